The Kier molecular flexibility index (Phi) is 11.0. The van der Waals surface area contributed by atoms with Gasteiger partial charge in [0, 0.05) is 22.3 Å². The molecule has 0 fully saturated rings. The van der Waals surface area contributed by atoms with Gasteiger partial charge in [0.2, 0.25) is 0 Å². The van der Waals surface area contributed by atoms with Crippen LogP contribution >= 0.6 is 0 Å². The Bertz CT molecular complexity index is 1110. The highest BCUT2D eigenvalue weighted by Crippen LogP contribution is 2.22. The first-order chi connectivity index (χ1) is 17.6. The van der Waals surface area contributed by atoms with Gasteiger partial charge in [-0.3, -0.25) is 0 Å². The van der Waals surface area contributed by atoms with Crippen LogP contribution in [0.1, 0.15) is 98.6 Å². The third-order valence-electron chi connectivity index (χ3n) is 6.35. The predicted octanol–water partition coefficient (Wildman–Crippen LogP) is 8.14. The minimum atomic E-state index is 0.253. The molecule has 0 radical (unpaired) electrons. The third kappa shape index (κ3) is 8.87. The molecule has 0 saturated carbocycles. The molecule has 0 unspecified atom stereocenters. The highest BCUT2D eigenvalue weighted by Gasteiger charge is 2.09. The van der Waals surface area contributed by atoms with Crippen LogP contribution in [0.15, 0.2) is 60.7 Å². The number of hydrogen-bond donors (Lipinski definition) is 2. The van der Waals surface area contributed by atoms with Crippen LogP contribution in [-0.4, -0.2) is 10.2 Å². The summed E-state index contributed by atoms with van der Waals surface area (Å²) in [6.07, 6.45) is 11.6. The van der Waals surface area contributed by atoms with E-state index in [0.717, 1.165) is 47.9 Å². The summed E-state index contributed by atoms with van der Waals surface area (Å²) in [5.41, 5.74) is 6.46. The molecule has 3 aromatic carbocycles. The zero-order valence-corrected chi connectivity index (χ0v) is 21.7. The van der Waals surface area contributed by atoms with Crippen LogP contribution in [0.5, 0.6) is 11.5 Å². The molecule has 0 aliphatic rings. The molecule has 3 aromatic rings. The lowest BCUT2D eigenvalue weighted by Crippen LogP contribution is -1.99. The van der Waals surface area contributed by atoms with Crippen molar-refractivity contribution in [3.63, 3.8) is 0 Å². The summed E-state index contributed by atoms with van der Waals surface area (Å²) in [6.45, 7) is 4.47. The largest absolute Gasteiger partial charge is 0.508 e. The Morgan fingerprint density at radius 2 is 0.889 bits per heavy atom. The molecule has 0 aromatic heterocycles. The van der Waals surface area contributed by atoms with Gasteiger partial charge in [0.1, 0.15) is 11.5 Å². The van der Waals surface area contributed by atoms with Gasteiger partial charge in [-0.1, -0.05) is 76.1 Å². The maximum Gasteiger partial charge on any atom is 0.115 e. The van der Waals surface area contributed by atoms with Gasteiger partial charge in [0.15, 0.2) is 0 Å². The molecule has 0 amide bonds. The lowest BCUT2D eigenvalue weighted by atomic mass is 9.92. The van der Waals surface area contributed by atoms with E-state index >= 15 is 0 Å². The van der Waals surface area contributed by atoms with E-state index in [2.05, 4.69) is 49.7 Å². The van der Waals surface area contributed by atoms with Gasteiger partial charge in [-0.2, -0.15) is 0 Å². The first-order valence-electron chi connectivity index (χ1n) is 13.4. The van der Waals surface area contributed by atoms with Crippen LogP contribution in [0.25, 0.3) is 0 Å². The van der Waals surface area contributed by atoms with Crippen molar-refractivity contribution in [3.8, 4) is 35.2 Å². The number of aryl methyl sites for hydroxylation is 2. The monoisotopic (exact) mass is 478 g/mol. The fraction of sp³-hybridized carbons (Fsp3) is 0.353. The Morgan fingerprint density at radius 3 is 1.25 bits per heavy atom. The molecule has 2 heteroatoms. The van der Waals surface area contributed by atoms with Gasteiger partial charge < -0.3 is 10.2 Å². The summed E-state index contributed by atoms with van der Waals surface area (Å²) in [5, 5.41) is 19.2. The molecule has 0 saturated heterocycles. The summed E-state index contributed by atoms with van der Waals surface area (Å²) in [6, 6.07) is 18.6. The molecule has 0 spiro atoms. The fourth-order valence-corrected chi connectivity index (χ4v) is 4.19. The lowest BCUT2D eigenvalue weighted by Gasteiger charge is -2.12. The quantitative estimate of drug-likeness (QED) is 0.228. The smallest absolute Gasteiger partial charge is 0.115 e. The first-order valence-corrected chi connectivity index (χ1v) is 13.4. The van der Waals surface area contributed by atoms with Gasteiger partial charge in [0.05, 0.1) is 0 Å². The van der Waals surface area contributed by atoms with E-state index in [1.54, 1.807) is 24.3 Å². The number of benzene rings is 3. The summed E-state index contributed by atoms with van der Waals surface area (Å²) < 4.78 is 0. The van der Waals surface area contributed by atoms with Crippen molar-refractivity contribution >= 4 is 0 Å². The average Bonchev–Trinajstić information content (AvgIpc) is 2.89. The lowest BCUT2D eigenvalue weighted by molar-refractivity contribution is 0.474. The molecule has 2 N–H and O–H groups in total. The number of rotatable bonds is 10. The van der Waals surface area contributed by atoms with Gasteiger partial charge in [-0.25, -0.2) is 0 Å². The SMILES string of the molecule is CCCCCCc1cc(C#Cc2ccc(O)cc2)c(CCCCCC)cc1C#Cc1ccc(O)cc1. The highest BCUT2D eigenvalue weighted by atomic mass is 16.3. The summed E-state index contributed by atoms with van der Waals surface area (Å²) in [5.74, 6) is 14.0. The normalized spacial score (nSPS) is 10.3. The molecule has 36 heavy (non-hydrogen) atoms. The molecule has 0 atom stereocenters. The minimum Gasteiger partial charge on any atom is -0.508 e. The van der Waals surface area contributed by atoms with Crippen molar-refractivity contribution < 1.29 is 10.2 Å². The average molecular weight is 479 g/mol. The molecule has 0 bridgehead atoms. The van der Waals surface area contributed by atoms with Gasteiger partial charge in [0.25, 0.3) is 0 Å². The van der Waals surface area contributed by atoms with Crippen molar-refractivity contribution in [2.75, 3.05) is 0 Å². The summed E-state index contributed by atoms with van der Waals surface area (Å²) in [4.78, 5) is 0. The maximum absolute atomic E-state index is 9.59. The first kappa shape index (κ1) is 27.0. The maximum atomic E-state index is 9.59. The van der Waals surface area contributed by atoms with Crippen LogP contribution in [0.2, 0.25) is 0 Å². The van der Waals surface area contributed by atoms with Crippen molar-refractivity contribution in [1.82, 2.24) is 0 Å². The highest BCUT2D eigenvalue weighted by molar-refractivity contribution is 5.55. The zero-order chi connectivity index (χ0) is 25.6. The van der Waals surface area contributed by atoms with E-state index in [0.29, 0.717) is 0 Å². The van der Waals surface area contributed by atoms with Crippen LogP contribution in [0, 0.1) is 23.7 Å². The molecular weight excluding hydrogens is 440 g/mol. The van der Waals surface area contributed by atoms with Crippen LogP contribution in [0.3, 0.4) is 0 Å². The Balaban J connectivity index is 1.99. The Labute approximate surface area is 217 Å². The van der Waals surface area contributed by atoms with E-state index in [-0.39, 0.29) is 11.5 Å². The fourth-order valence-electron chi connectivity index (χ4n) is 4.19. The third-order valence-corrected chi connectivity index (χ3v) is 6.35. The van der Waals surface area contributed by atoms with Gasteiger partial charge in [-0.15, -0.1) is 0 Å². The second kappa shape index (κ2) is 14.7. The topological polar surface area (TPSA) is 40.5 Å². The molecule has 0 aliphatic carbocycles. The van der Waals surface area contributed by atoms with Gasteiger partial charge >= 0.3 is 0 Å². The molecule has 186 valence electrons. The number of unbranched alkanes of at least 4 members (excludes halogenated alkanes) is 6. The molecule has 3 rings (SSSR count). The number of aromatic hydroxyl groups is 2. The summed E-state index contributed by atoms with van der Waals surface area (Å²) >= 11 is 0. The Hall–Kier alpha value is -3.62. The molecule has 2 nitrogen and oxygen atoms in total. The summed E-state index contributed by atoms with van der Waals surface area (Å²) in [7, 11) is 0. The van der Waals surface area contributed by atoms with E-state index in [4.69, 9.17) is 0 Å². The zero-order valence-electron chi connectivity index (χ0n) is 21.7. The van der Waals surface area contributed by atoms with Crippen LogP contribution in [0.4, 0.5) is 0 Å². The second-order valence-corrected chi connectivity index (χ2v) is 9.38. The van der Waals surface area contributed by atoms with E-state index in [9.17, 15) is 10.2 Å². The molecule has 0 heterocycles. The Morgan fingerprint density at radius 1 is 0.500 bits per heavy atom. The van der Waals surface area contributed by atoms with Crippen molar-refractivity contribution in [2.45, 2.75) is 78.1 Å². The molecular formula is C34H38O2. The van der Waals surface area contributed by atoms with Gasteiger partial charge in [-0.05, 0) is 97.5 Å². The number of phenolic OH excluding ortho intramolecular Hbond substituents is 2. The molecule has 0 aliphatic heterocycles. The van der Waals surface area contributed by atoms with Crippen LogP contribution in [-0.2, 0) is 12.8 Å². The predicted molar refractivity (Wildman–Crippen MR) is 150 cm³/mol. The standard InChI is InChI=1S/C34H38O2/c1-3-5-7-9-11-29-25-32(20-14-28-17-23-34(36)24-18-28)30(12-10-8-6-4-2)26-31(29)19-13-27-15-21-33(35)22-16-27/h15-18,21-26,35-36H,3-12H2,1-2H3. The van der Waals surface area contributed by atoms with Crippen molar-refractivity contribution in [1.29, 1.82) is 0 Å². The van der Waals surface area contributed by atoms with E-state index in [1.807, 2.05) is 24.3 Å². The van der Waals surface area contributed by atoms with Crippen molar-refractivity contribution in [3.05, 3.63) is 94.0 Å². The second-order valence-electron chi connectivity index (χ2n) is 9.38. The number of hydrogen-bond acceptors (Lipinski definition) is 2. The van der Waals surface area contributed by atoms with Crippen LogP contribution < -0.4 is 0 Å². The van der Waals surface area contributed by atoms with E-state index < -0.39 is 0 Å². The van der Waals surface area contributed by atoms with Crippen molar-refractivity contribution in [2.24, 2.45) is 0 Å². The minimum absolute atomic E-state index is 0.253. The number of phenols is 2. The van der Waals surface area contributed by atoms with E-state index in [1.165, 1.54) is 49.7 Å².